The largest absolute Gasteiger partial charge is 0.435 e. The summed E-state index contributed by atoms with van der Waals surface area (Å²) in [4.78, 5) is 11.3. The van der Waals surface area contributed by atoms with E-state index in [1.165, 1.54) is 24.3 Å². The Morgan fingerprint density at radius 2 is 1.71 bits per heavy atom. The summed E-state index contributed by atoms with van der Waals surface area (Å²) >= 11 is 0. The first-order valence-electron chi connectivity index (χ1n) is 4.54. The van der Waals surface area contributed by atoms with E-state index in [2.05, 4.69) is 0 Å². The molecule has 2 aromatic rings. The smallest absolute Gasteiger partial charge is 0.284 e. The van der Waals surface area contributed by atoms with E-state index < -0.39 is 23.2 Å². The average molecular weight is 246 g/mol. The molecule has 3 nitrogen and oxygen atoms in total. The lowest BCUT2D eigenvalue weighted by atomic mass is 10.3. The second kappa shape index (κ2) is 3.76. The van der Waals surface area contributed by atoms with Crippen LogP contribution in [-0.4, -0.2) is 9.78 Å². The van der Waals surface area contributed by atoms with Crippen LogP contribution in [0.4, 0.5) is 17.6 Å². The molecule has 0 amide bonds. The molecule has 17 heavy (non-hydrogen) atoms. The second-order valence-electron chi connectivity index (χ2n) is 3.27. The van der Waals surface area contributed by atoms with Gasteiger partial charge in [0.2, 0.25) is 5.82 Å². The summed E-state index contributed by atoms with van der Waals surface area (Å²) < 4.78 is 50.6. The molecule has 0 fully saturated rings. The maximum absolute atomic E-state index is 13.1. The average Bonchev–Trinajstić information content (AvgIpc) is 2.57. The Hall–Kier alpha value is -2.05. The van der Waals surface area contributed by atoms with Gasteiger partial charge >= 0.3 is 11.7 Å². The molecule has 0 radical (unpaired) electrons. The summed E-state index contributed by atoms with van der Waals surface area (Å²) in [5, 5.41) is 1.71. The van der Waals surface area contributed by atoms with Gasteiger partial charge in [-0.2, -0.15) is 17.6 Å². The molecule has 7 heteroatoms. The molecule has 90 valence electrons. The van der Waals surface area contributed by atoms with E-state index in [0.717, 1.165) is 0 Å². The fourth-order valence-electron chi connectivity index (χ4n) is 1.36. The quantitative estimate of drug-likeness (QED) is 0.770. The highest BCUT2D eigenvalue weighted by atomic mass is 19.4. The van der Waals surface area contributed by atoms with E-state index >= 15 is 0 Å². The Morgan fingerprint density at radius 1 is 1.12 bits per heavy atom. The van der Waals surface area contributed by atoms with Crippen molar-refractivity contribution in [2.45, 2.75) is 6.18 Å². The van der Waals surface area contributed by atoms with Crippen LogP contribution >= 0.6 is 0 Å². The van der Waals surface area contributed by atoms with Gasteiger partial charge in [0, 0.05) is 0 Å². The Balaban J connectivity index is 2.63. The lowest BCUT2D eigenvalue weighted by Crippen LogP contribution is -2.16. The topological polar surface area (TPSA) is 37.8 Å². The van der Waals surface area contributed by atoms with Gasteiger partial charge in [-0.3, -0.25) is 9.89 Å². The molecule has 2 rings (SSSR count). The third-order valence-electron chi connectivity index (χ3n) is 2.13. The number of benzene rings is 1. The van der Waals surface area contributed by atoms with E-state index in [9.17, 15) is 22.4 Å². The van der Waals surface area contributed by atoms with E-state index in [4.69, 9.17) is 0 Å². The van der Waals surface area contributed by atoms with Gasteiger partial charge in [0.05, 0.1) is 5.69 Å². The zero-order valence-corrected chi connectivity index (χ0v) is 8.25. The third-order valence-corrected chi connectivity index (χ3v) is 2.13. The second-order valence-corrected chi connectivity index (χ2v) is 3.27. The molecular weight excluding hydrogens is 240 g/mol. The minimum absolute atomic E-state index is 0.131. The molecule has 1 aromatic heterocycles. The lowest BCUT2D eigenvalue weighted by molar-refractivity contribution is -0.143. The zero-order valence-electron chi connectivity index (χ0n) is 8.25. The standard InChI is InChI=1S/C10H6F4N2O/c11-7-8(10(12,13)14)15-16(9(7)17)6-4-2-1-3-5-6/h1-5,15H. The van der Waals surface area contributed by atoms with Crippen molar-refractivity contribution < 1.29 is 17.6 Å². The molecule has 0 aliphatic heterocycles. The number of aromatic nitrogens is 2. The van der Waals surface area contributed by atoms with Crippen LogP contribution < -0.4 is 5.56 Å². The summed E-state index contributed by atoms with van der Waals surface area (Å²) in [6.07, 6.45) is -4.93. The van der Waals surface area contributed by atoms with Crippen molar-refractivity contribution >= 4 is 0 Å². The number of hydrogen-bond donors (Lipinski definition) is 1. The predicted molar refractivity (Wildman–Crippen MR) is 51.3 cm³/mol. The minimum atomic E-state index is -4.93. The first kappa shape index (κ1) is 11.4. The van der Waals surface area contributed by atoms with Gasteiger partial charge < -0.3 is 0 Å². The van der Waals surface area contributed by atoms with Crippen molar-refractivity contribution in [3.8, 4) is 5.69 Å². The van der Waals surface area contributed by atoms with Gasteiger partial charge in [-0.25, -0.2) is 4.68 Å². The maximum Gasteiger partial charge on any atom is 0.435 e. The van der Waals surface area contributed by atoms with Crippen molar-refractivity contribution in [3.63, 3.8) is 0 Å². The van der Waals surface area contributed by atoms with E-state index in [-0.39, 0.29) is 5.69 Å². The van der Waals surface area contributed by atoms with Crippen LogP contribution in [0.15, 0.2) is 35.1 Å². The van der Waals surface area contributed by atoms with Crippen molar-refractivity contribution in [2.24, 2.45) is 0 Å². The molecule has 0 bridgehead atoms. The molecule has 0 atom stereocenters. The Bertz CT molecular complexity index is 583. The number of rotatable bonds is 1. The van der Waals surface area contributed by atoms with Gasteiger partial charge in [0.15, 0.2) is 5.69 Å². The van der Waals surface area contributed by atoms with Crippen LogP contribution in [-0.2, 0) is 6.18 Å². The molecule has 0 aliphatic carbocycles. The molecular formula is C10H6F4N2O. The molecule has 0 saturated carbocycles. The number of hydrogen-bond acceptors (Lipinski definition) is 1. The Labute approximate surface area is 92.3 Å². The lowest BCUT2D eigenvalue weighted by Gasteiger charge is -2.03. The number of nitrogens with one attached hydrogen (secondary N) is 1. The molecule has 1 aromatic carbocycles. The van der Waals surface area contributed by atoms with Crippen LogP contribution in [0.25, 0.3) is 5.69 Å². The van der Waals surface area contributed by atoms with Crippen molar-refractivity contribution in [3.05, 3.63) is 52.2 Å². The van der Waals surface area contributed by atoms with E-state index in [1.807, 2.05) is 0 Å². The molecule has 0 saturated heterocycles. The van der Waals surface area contributed by atoms with Crippen molar-refractivity contribution in [1.29, 1.82) is 0 Å². The summed E-state index contributed by atoms with van der Waals surface area (Å²) in [5.74, 6) is -1.83. The number of alkyl halides is 3. The van der Waals surface area contributed by atoms with Gasteiger partial charge in [-0.05, 0) is 12.1 Å². The number of halogens is 4. The molecule has 0 unspecified atom stereocenters. The highest BCUT2D eigenvalue weighted by Crippen LogP contribution is 2.28. The number of aromatic amines is 1. The summed E-state index contributed by atoms with van der Waals surface area (Å²) in [6.45, 7) is 0. The SMILES string of the molecule is O=c1c(F)c(C(F)(F)F)[nH]n1-c1ccccc1. The molecule has 1 N–H and O–H groups in total. The Kier molecular flexibility index (Phi) is 2.53. The van der Waals surface area contributed by atoms with E-state index in [1.54, 1.807) is 11.2 Å². The number of nitrogens with zero attached hydrogens (tertiary/aromatic N) is 1. The fourth-order valence-corrected chi connectivity index (χ4v) is 1.36. The normalized spacial score (nSPS) is 11.8. The third kappa shape index (κ3) is 1.95. The molecule has 0 aliphatic rings. The van der Waals surface area contributed by atoms with Gasteiger partial charge in [-0.1, -0.05) is 18.2 Å². The van der Waals surface area contributed by atoms with Crippen molar-refractivity contribution in [1.82, 2.24) is 9.78 Å². The predicted octanol–water partition coefficient (Wildman–Crippen LogP) is 2.32. The summed E-state index contributed by atoms with van der Waals surface area (Å²) in [5.41, 5.74) is -2.90. The van der Waals surface area contributed by atoms with Gasteiger partial charge in [0.1, 0.15) is 0 Å². The summed E-state index contributed by atoms with van der Waals surface area (Å²) in [6, 6.07) is 7.44. The van der Waals surface area contributed by atoms with Gasteiger partial charge in [0.25, 0.3) is 0 Å². The number of para-hydroxylation sites is 1. The fraction of sp³-hybridized carbons (Fsp3) is 0.100. The van der Waals surface area contributed by atoms with Crippen molar-refractivity contribution in [2.75, 3.05) is 0 Å². The molecule has 0 spiro atoms. The highest BCUT2D eigenvalue weighted by molar-refractivity contribution is 5.31. The first-order valence-corrected chi connectivity index (χ1v) is 4.54. The van der Waals surface area contributed by atoms with Crippen LogP contribution in [0.1, 0.15) is 5.69 Å². The maximum atomic E-state index is 13.1. The number of H-pyrrole nitrogens is 1. The highest BCUT2D eigenvalue weighted by Gasteiger charge is 2.38. The monoisotopic (exact) mass is 246 g/mol. The van der Waals surface area contributed by atoms with Crippen LogP contribution in [0.5, 0.6) is 0 Å². The Morgan fingerprint density at radius 3 is 2.18 bits per heavy atom. The summed E-state index contributed by atoms with van der Waals surface area (Å²) in [7, 11) is 0. The zero-order chi connectivity index (χ0) is 12.6. The van der Waals surface area contributed by atoms with Crippen LogP contribution in [0.3, 0.4) is 0 Å². The van der Waals surface area contributed by atoms with Crippen LogP contribution in [0.2, 0.25) is 0 Å². The molecule has 1 heterocycles. The van der Waals surface area contributed by atoms with Gasteiger partial charge in [-0.15, -0.1) is 0 Å². The first-order chi connectivity index (χ1) is 7.91. The van der Waals surface area contributed by atoms with E-state index in [0.29, 0.717) is 4.68 Å². The minimum Gasteiger partial charge on any atom is -0.284 e. The van der Waals surface area contributed by atoms with Crippen LogP contribution in [0, 0.1) is 5.82 Å².